The van der Waals surface area contributed by atoms with Crippen LogP contribution in [0.1, 0.15) is 37.2 Å². The van der Waals surface area contributed by atoms with E-state index in [0.717, 1.165) is 5.56 Å². The fourth-order valence-electron chi connectivity index (χ4n) is 3.61. The Balaban J connectivity index is 1.64. The number of carboxylic acid groups (broad SMARTS) is 1. The number of hydrogen-bond donors (Lipinski definition) is 3. The van der Waals surface area contributed by atoms with Crippen LogP contribution in [0.15, 0.2) is 36.4 Å². The van der Waals surface area contributed by atoms with Gasteiger partial charge in [0.1, 0.15) is 11.6 Å². The molecule has 0 aromatic heterocycles. The van der Waals surface area contributed by atoms with Crippen molar-refractivity contribution in [1.29, 1.82) is 0 Å². The third-order valence-corrected chi connectivity index (χ3v) is 5.43. The molecule has 0 bridgehead atoms. The minimum atomic E-state index is -0.767. The highest BCUT2D eigenvalue weighted by Gasteiger charge is 2.27. The molecule has 0 heterocycles. The van der Waals surface area contributed by atoms with Crippen molar-refractivity contribution in [3.8, 4) is 5.75 Å². The standard InChI is InChI=1S/C21H22ClFN2O4/c1-29-19-9-7-15(22)11-18(19)25-21(28)24-17-8-6-14(10-16(17)23)12-2-4-13(5-3-12)20(26)27/h6-13H,2-5H2,1H3,(H,26,27)(H2,24,25,28). The summed E-state index contributed by atoms with van der Waals surface area (Å²) in [5, 5.41) is 14.6. The fourth-order valence-corrected chi connectivity index (χ4v) is 3.79. The minimum absolute atomic E-state index is 0.0477. The summed E-state index contributed by atoms with van der Waals surface area (Å²) in [4.78, 5) is 23.3. The number of hydrogen-bond acceptors (Lipinski definition) is 3. The molecule has 1 aliphatic carbocycles. The van der Waals surface area contributed by atoms with Crippen LogP contribution in [0.25, 0.3) is 0 Å². The van der Waals surface area contributed by atoms with E-state index in [9.17, 15) is 14.0 Å². The topological polar surface area (TPSA) is 87.7 Å². The predicted octanol–water partition coefficient (Wildman–Crippen LogP) is 5.49. The van der Waals surface area contributed by atoms with Crippen LogP contribution < -0.4 is 15.4 Å². The van der Waals surface area contributed by atoms with Crippen LogP contribution in [0, 0.1) is 11.7 Å². The van der Waals surface area contributed by atoms with Gasteiger partial charge in [-0.3, -0.25) is 4.79 Å². The average Bonchev–Trinajstić information content (AvgIpc) is 2.70. The van der Waals surface area contributed by atoms with Gasteiger partial charge in [0.25, 0.3) is 0 Å². The molecular weight excluding hydrogens is 399 g/mol. The summed E-state index contributed by atoms with van der Waals surface area (Å²) in [7, 11) is 1.47. The van der Waals surface area contributed by atoms with Gasteiger partial charge in [-0.15, -0.1) is 0 Å². The third kappa shape index (κ3) is 5.17. The second kappa shape index (κ2) is 9.13. The molecule has 3 N–H and O–H groups in total. The first-order chi connectivity index (χ1) is 13.9. The van der Waals surface area contributed by atoms with Crippen molar-refractivity contribution >= 4 is 35.0 Å². The number of amides is 2. The lowest BCUT2D eigenvalue weighted by atomic mass is 9.79. The van der Waals surface area contributed by atoms with Gasteiger partial charge >= 0.3 is 12.0 Å². The Bertz CT molecular complexity index is 914. The number of carbonyl (C=O) groups excluding carboxylic acids is 1. The summed E-state index contributed by atoms with van der Waals surface area (Å²) in [6.07, 6.45) is 2.59. The van der Waals surface area contributed by atoms with Crippen LogP contribution >= 0.6 is 11.6 Å². The zero-order valence-corrected chi connectivity index (χ0v) is 16.6. The molecule has 2 amide bonds. The van der Waals surface area contributed by atoms with Gasteiger partial charge in [0.05, 0.1) is 24.4 Å². The van der Waals surface area contributed by atoms with Crippen molar-refractivity contribution in [2.75, 3.05) is 17.7 Å². The molecule has 2 aromatic rings. The summed E-state index contributed by atoms with van der Waals surface area (Å²) in [5.74, 6) is -1.08. The highest BCUT2D eigenvalue weighted by molar-refractivity contribution is 6.31. The number of methoxy groups -OCH3 is 1. The van der Waals surface area contributed by atoms with Crippen molar-refractivity contribution in [2.45, 2.75) is 31.6 Å². The predicted molar refractivity (Wildman–Crippen MR) is 109 cm³/mol. The molecule has 154 valence electrons. The van der Waals surface area contributed by atoms with Crippen LogP contribution in [0.2, 0.25) is 5.02 Å². The zero-order chi connectivity index (χ0) is 21.0. The van der Waals surface area contributed by atoms with Crippen LogP contribution in [0.4, 0.5) is 20.6 Å². The average molecular weight is 421 g/mol. The lowest BCUT2D eigenvalue weighted by Crippen LogP contribution is -2.21. The summed E-state index contributed by atoms with van der Waals surface area (Å²) in [5.41, 5.74) is 1.23. The molecule has 0 radical (unpaired) electrons. The molecular formula is C21H22ClFN2O4. The molecule has 3 rings (SSSR count). The number of carbonyl (C=O) groups is 2. The van der Waals surface area contributed by atoms with E-state index in [1.807, 2.05) is 0 Å². The first kappa shape index (κ1) is 20.9. The van der Waals surface area contributed by atoms with Crippen LogP contribution in [0.5, 0.6) is 5.75 Å². The Morgan fingerprint density at radius 1 is 1.07 bits per heavy atom. The van der Waals surface area contributed by atoms with E-state index in [0.29, 0.717) is 42.1 Å². The molecule has 0 unspecified atom stereocenters. The van der Waals surface area contributed by atoms with Gasteiger partial charge in [0.15, 0.2) is 0 Å². The molecule has 1 aliphatic rings. The molecule has 2 aromatic carbocycles. The maximum absolute atomic E-state index is 14.5. The molecule has 0 atom stereocenters. The Morgan fingerprint density at radius 3 is 2.38 bits per heavy atom. The number of benzene rings is 2. The molecule has 6 nitrogen and oxygen atoms in total. The second-order valence-electron chi connectivity index (χ2n) is 7.05. The van der Waals surface area contributed by atoms with E-state index >= 15 is 0 Å². The lowest BCUT2D eigenvalue weighted by Gasteiger charge is -2.26. The van der Waals surface area contributed by atoms with Gasteiger partial charge in [0, 0.05) is 5.02 Å². The Morgan fingerprint density at radius 2 is 1.76 bits per heavy atom. The first-order valence-corrected chi connectivity index (χ1v) is 9.69. The molecule has 0 spiro atoms. The molecule has 0 saturated heterocycles. The smallest absolute Gasteiger partial charge is 0.323 e. The van der Waals surface area contributed by atoms with Gasteiger partial charge in [-0.25, -0.2) is 9.18 Å². The maximum atomic E-state index is 14.5. The second-order valence-corrected chi connectivity index (χ2v) is 7.49. The summed E-state index contributed by atoms with van der Waals surface area (Å²) in [6, 6.07) is 8.85. The lowest BCUT2D eigenvalue weighted by molar-refractivity contribution is -0.142. The van der Waals surface area contributed by atoms with Crippen LogP contribution in [0.3, 0.4) is 0 Å². The van der Waals surface area contributed by atoms with Crippen molar-refractivity contribution in [2.24, 2.45) is 5.92 Å². The summed E-state index contributed by atoms with van der Waals surface area (Å²) in [6.45, 7) is 0. The van der Waals surface area contributed by atoms with Crippen molar-refractivity contribution in [3.63, 3.8) is 0 Å². The molecule has 1 saturated carbocycles. The summed E-state index contributed by atoms with van der Waals surface area (Å²) >= 11 is 5.94. The van der Waals surface area contributed by atoms with E-state index in [2.05, 4.69) is 10.6 Å². The van der Waals surface area contributed by atoms with Gasteiger partial charge < -0.3 is 20.5 Å². The van der Waals surface area contributed by atoms with Crippen LogP contribution in [-0.2, 0) is 4.79 Å². The number of aliphatic carboxylic acids is 1. The van der Waals surface area contributed by atoms with Crippen molar-refractivity contribution in [3.05, 3.63) is 52.8 Å². The third-order valence-electron chi connectivity index (χ3n) is 5.20. The Hall–Kier alpha value is -2.80. The SMILES string of the molecule is COc1ccc(Cl)cc1NC(=O)Nc1ccc(C2CCC(C(=O)O)CC2)cc1F. The normalized spacial score (nSPS) is 18.7. The van der Waals surface area contributed by atoms with E-state index in [1.54, 1.807) is 18.2 Å². The monoisotopic (exact) mass is 420 g/mol. The Labute approximate surface area is 173 Å². The number of carboxylic acids is 1. The van der Waals surface area contributed by atoms with Gasteiger partial charge in [-0.2, -0.15) is 0 Å². The molecule has 29 heavy (non-hydrogen) atoms. The van der Waals surface area contributed by atoms with Gasteiger partial charge in [-0.05, 0) is 67.5 Å². The number of nitrogens with one attached hydrogen (secondary N) is 2. The van der Waals surface area contributed by atoms with Crippen LogP contribution in [-0.4, -0.2) is 24.2 Å². The van der Waals surface area contributed by atoms with E-state index in [-0.39, 0.29) is 17.5 Å². The fraction of sp³-hybridized carbons (Fsp3) is 0.333. The van der Waals surface area contributed by atoms with E-state index < -0.39 is 17.8 Å². The van der Waals surface area contributed by atoms with E-state index in [4.69, 9.17) is 21.4 Å². The van der Waals surface area contributed by atoms with Gasteiger partial charge in [-0.1, -0.05) is 17.7 Å². The number of anilines is 2. The van der Waals surface area contributed by atoms with Crippen molar-refractivity contribution < 1.29 is 23.8 Å². The zero-order valence-electron chi connectivity index (χ0n) is 15.9. The molecule has 0 aliphatic heterocycles. The number of halogens is 2. The first-order valence-electron chi connectivity index (χ1n) is 9.31. The molecule has 1 fully saturated rings. The Kier molecular flexibility index (Phi) is 6.59. The van der Waals surface area contributed by atoms with Crippen molar-refractivity contribution in [1.82, 2.24) is 0 Å². The number of rotatable bonds is 5. The largest absolute Gasteiger partial charge is 0.495 e. The van der Waals surface area contributed by atoms with E-state index in [1.165, 1.54) is 25.3 Å². The maximum Gasteiger partial charge on any atom is 0.323 e. The number of ether oxygens (including phenoxy) is 1. The quantitative estimate of drug-likeness (QED) is 0.596. The summed E-state index contributed by atoms with van der Waals surface area (Å²) < 4.78 is 19.7. The highest BCUT2D eigenvalue weighted by atomic mass is 35.5. The highest BCUT2D eigenvalue weighted by Crippen LogP contribution is 2.37. The molecule has 8 heteroatoms. The van der Waals surface area contributed by atoms with Gasteiger partial charge in [0.2, 0.25) is 0 Å². The minimum Gasteiger partial charge on any atom is -0.495 e. The number of urea groups is 1.